The number of esters is 1. The Balaban J connectivity index is 4.45. The number of nitrogens with two attached hydrogens (primary N) is 1. The maximum atomic E-state index is 12.4. The predicted octanol–water partition coefficient (Wildman–Crippen LogP) is 1.62. The van der Waals surface area contributed by atoms with E-state index in [1.807, 2.05) is 6.92 Å². The van der Waals surface area contributed by atoms with Gasteiger partial charge in [-0.1, -0.05) is 13.3 Å². The van der Waals surface area contributed by atoms with Crippen molar-refractivity contribution in [1.82, 2.24) is 0 Å². The summed E-state index contributed by atoms with van der Waals surface area (Å²) in [5.41, 5.74) is 4.94. The van der Waals surface area contributed by atoms with E-state index in [9.17, 15) is 18.0 Å². The monoisotopic (exact) mass is 257 g/mol. The summed E-state index contributed by atoms with van der Waals surface area (Å²) in [7, 11) is 0. The van der Waals surface area contributed by atoms with Crippen LogP contribution in [0.2, 0.25) is 0 Å². The van der Waals surface area contributed by atoms with Gasteiger partial charge < -0.3 is 15.2 Å². The molecule has 0 bridgehead atoms. The minimum atomic E-state index is -4.69. The number of carbonyl (C=O) groups is 1. The van der Waals surface area contributed by atoms with Gasteiger partial charge in [0.25, 0.3) is 0 Å². The van der Waals surface area contributed by atoms with E-state index >= 15 is 0 Å². The molecule has 0 saturated heterocycles. The third-order valence-corrected chi connectivity index (χ3v) is 2.02. The van der Waals surface area contributed by atoms with Gasteiger partial charge in [-0.2, -0.15) is 13.2 Å². The highest BCUT2D eigenvalue weighted by Gasteiger charge is 2.46. The third kappa shape index (κ3) is 5.88. The van der Waals surface area contributed by atoms with Crippen molar-refractivity contribution in [3.8, 4) is 0 Å². The molecule has 0 fully saturated rings. The topological polar surface area (TPSA) is 61.5 Å². The van der Waals surface area contributed by atoms with Crippen molar-refractivity contribution in [3.05, 3.63) is 0 Å². The molecule has 102 valence electrons. The molecule has 17 heavy (non-hydrogen) atoms. The second kappa shape index (κ2) is 7.50. The van der Waals surface area contributed by atoms with Crippen molar-refractivity contribution >= 4 is 5.97 Å². The minimum absolute atomic E-state index is 0.0443. The molecule has 0 saturated carbocycles. The normalized spacial score (nSPS) is 15.4. The molecular weight excluding hydrogens is 239 g/mol. The summed E-state index contributed by atoms with van der Waals surface area (Å²) in [6, 6.07) is -2.36. The van der Waals surface area contributed by atoms with Gasteiger partial charge in [-0.05, 0) is 13.3 Å². The predicted molar refractivity (Wildman–Crippen MR) is 55.3 cm³/mol. The lowest BCUT2D eigenvalue weighted by atomic mass is 10.1. The van der Waals surface area contributed by atoms with Crippen LogP contribution in [0.1, 0.15) is 26.7 Å². The van der Waals surface area contributed by atoms with Crippen LogP contribution in [-0.4, -0.2) is 37.5 Å². The highest BCUT2D eigenvalue weighted by Crippen LogP contribution is 2.22. The molecule has 0 aliphatic carbocycles. The van der Waals surface area contributed by atoms with Gasteiger partial charge in [0.1, 0.15) is 6.04 Å². The Morgan fingerprint density at radius 3 is 2.35 bits per heavy atom. The Bertz CT molecular complexity index is 233. The molecule has 0 aliphatic heterocycles. The van der Waals surface area contributed by atoms with Crippen LogP contribution in [0.3, 0.4) is 0 Å². The fourth-order valence-electron chi connectivity index (χ4n) is 1.07. The maximum absolute atomic E-state index is 12.4. The number of unbranched alkanes of at least 4 members (excludes halogenated alkanes) is 1. The van der Waals surface area contributed by atoms with Gasteiger partial charge in [0.05, 0.1) is 6.61 Å². The highest BCUT2D eigenvalue weighted by atomic mass is 19.4. The van der Waals surface area contributed by atoms with Gasteiger partial charge in [0, 0.05) is 6.61 Å². The Kier molecular flexibility index (Phi) is 7.13. The fourth-order valence-corrected chi connectivity index (χ4v) is 1.07. The molecule has 0 amide bonds. The maximum Gasteiger partial charge on any atom is 0.406 e. The van der Waals surface area contributed by atoms with Gasteiger partial charge >= 0.3 is 12.1 Å². The summed E-state index contributed by atoms with van der Waals surface area (Å²) in [4.78, 5) is 11.4. The summed E-state index contributed by atoms with van der Waals surface area (Å²) < 4.78 is 46.4. The van der Waals surface area contributed by atoms with Crippen molar-refractivity contribution in [2.45, 2.75) is 45.0 Å². The van der Waals surface area contributed by atoms with Crippen LogP contribution in [0.5, 0.6) is 0 Å². The van der Waals surface area contributed by atoms with Crippen LogP contribution >= 0.6 is 0 Å². The Morgan fingerprint density at radius 2 is 1.94 bits per heavy atom. The molecule has 0 spiro atoms. The van der Waals surface area contributed by atoms with Crippen molar-refractivity contribution in [2.75, 3.05) is 13.2 Å². The first-order valence-corrected chi connectivity index (χ1v) is 5.45. The van der Waals surface area contributed by atoms with Gasteiger partial charge in [-0.3, -0.25) is 0 Å². The van der Waals surface area contributed by atoms with Crippen LogP contribution in [0.25, 0.3) is 0 Å². The summed E-state index contributed by atoms with van der Waals surface area (Å²) in [6.07, 6.45) is -5.12. The van der Waals surface area contributed by atoms with Gasteiger partial charge in [-0.15, -0.1) is 0 Å². The molecule has 7 heteroatoms. The zero-order chi connectivity index (χ0) is 13.5. The molecule has 4 nitrogen and oxygen atoms in total. The Labute approximate surface area is 98.2 Å². The first-order valence-electron chi connectivity index (χ1n) is 5.45. The number of hydrogen-bond donors (Lipinski definition) is 1. The summed E-state index contributed by atoms with van der Waals surface area (Å²) in [5.74, 6) is -1.06. The second-order valence-electron chi connectivity index (χ2n) is 3.46. The van der Waals surface area contributed by atoms with Crippen LogP contribution in [0.15, 0.2) is 0 Å². The Hall–Kier alpha value is -0.820. The smallest absolute Gasteiger partial charge is 0.406 e. The molecule has 0 aliphatic rings. The SMILES string of the molecule is CCCCOC(=O)[C@@H](OCC)[C@H](N)C(F)(F)F. The molecule has 0 aromatic carbocycles. The first kappa shape index (κ1) is 16.2. The molecule has 0 aromatic heterocycles. The van der Waals surface area contributed by atoms with Crippen LogP contribution in [0, 0.1) is 0 Å². The van der Waals surface area contributed by atoms with Crippen LogP contribution < -0.4 is 5.73 Å². The van der Waals surface area contributed by atoms with E-state index in [0.29, 0.717) is 6.42 Å². The van der Waals surface area contributed by atoms with E-state index in [0.717, 1.165) is 6.42 Å². The van der Waals surface area contributed by atoms with Crippen molar-refractivity contribution in [2.24, 2.45) is 5.73 Å². The quantitative estimate of drug-likeness (QED) is 0.556. The standard InChI is InChI=1S/C10H18F3NO3/c1-3-5-6-17-9(15)7(16-4-2)8(14)10(11,12)13/h7-8H,3-6,14H2,1-2H3/t7-,8-/m0/s1. The number of hydrogen-bond acceptors (Lipinski definition) is 4. The molecule has 0 unspecified atom stereocenters. The number of rotatable bonds is 7. The number of halogens is 3. The molecule has 0 rings (SSSR count). The summed E-state index contributed by atoms with van der Waals surface area (Å²) >= 11 is 0. The van der Waals surface area contributed by atoms with E-state index < -0.39 is 24.3 Å². The van der Waals surface area contributed by atoms with E-state index in [4.69, 9.17) is 10.5 Å². The largest absolute Gasteiger partial charge is 0.464 e. The Morgan fingerprint density at radius 1 is 1.35 bits per heavy atom. The molecule has 0 radical (unpaired) electrons. The van der Waals surface area contributed by atoms with Gasteiger partial charge in [0.2, 0.25) is 0 Å². The average molecular weight is 257 g/mol. The van der Waals surface area contributed by atoms with Gasteiger partial charge in [-0.25, -0.2) is 4.79 Å². The number of alkyl halides is 3. The number of carbonyl (C=O) groups excluding carboxylic acids is 1. The fraction of sp³-hybridized carbons (Fsp3) is 0.900. The average Bonchev–Trinajstić information content (AvgIpc) is 2.23. The van der Waals surface area contributed by atoms with E-state index in [1.54, 1.807) is 0 Å². The number of ether oxygens (including phenoxy) is 2. The molecule has 0 aromatic rings. The van der Waals surface area contributed by atoms with Crippen molar-refractivity contribution < 1.29 is 27.4 Å². The van der Waals surface area contributed by atoms with E-state index in [2.05, 4.69) is 4.74 Å². The lowest BCUT2D eigenvalue weighted by Gasteiger charge is -2.24. The molecular formula is C10H18F3NO3. The van der Waals surface area contributed by atoms with Crippen LogP contribution in [-0.2, 0) is 14.3 Å². The van der Waals surface area contributed by atoms with Crippen LogP contribution in [0.4, 0.5) is 13.2 Å². The molecule has 0 heterocycles. The molecule has 2 atom stereocenters. The lowest BCUT2D eigenvalue weighted by Crippen LogP contribution is -2.52. The van der Waals surface area contributed by atoms with E-state index in [1.165, 1.54) is 6.92 Å². The first-order chi connectivity index (χ1) is 7.84. The van der Waals surface area contributed by atoms with E-state index in [-0.39, 0.29) is 13.2 Å². The van der Waals surface area contributed by atoms with Crippen molar-refractivity contribution in [1.29, 1.82) is 0 Å². The summed E-state index contributed by atoms with van der Waals surface area (Å²) in [5, 5.41) is 0. The lowest BCUT2D eigenvalue weighted by molar-refractivity contribution is -0.192. The minimum Gasteiger partial charge on any atom is -0.464 e. The highest BCUT2D eigenvalue weighted by molar-refractivity contribution is 5.75. The van der Waals surface area contributed by atoms with Gasteiger partial charge in [0.15, 0.2) is 6.10 Å². The zero-order valence-corrected chi connectivity index (χ0v) is 9.92. The summed E-state index contributed by atoms with van der Waals surface area (Å²) in [6.45, 7) is 3.38. The second-order valence-corrected chi connectivity index (χ2v) is 3.46. The third-order valence-electron chi connectivity index (χ3n) is 2.02. The molecule has 2 N–H and O–H groups in total. The van der Waals surface area contributed by atoms with Crippen molar-refractivity contribution in [3.63, 3.8) is 0 Å². The zero-order valence-electron chi connectivity index (χ0n) is 9.92.